The molecule has 2 heterocycles. The summed E-state index contributed by atoms with van der Waals surface area (Å²) >= 11 is 11.6. The van der Waals surface area contributed by atoms with Crippen molar-refractivity contribution in [2.75, 3.05) is 11.1 Å². The maximum Gasteiger partial charge on any atom is 0.246 e. The van der Waals surface area contributed by atoms with Crippen molar-refractivity contribution in [2.24, 2.45) is 0 Å². The van der Waals surface area contributed by atoms with Gasteiger partial charge in [0.15, 0.2) is 10.3 Å². The smallest absolute Gasteiger partial charge is 0.246 e. The molecule has 0 bridgehead atoms. The number of nitrogens with zero attached hydrogens (tertiary/aromatic N) is 4. The molecule has 3 N–H and O–H groups in total. The summed E-state index contributed by atoms with van der Waals surface area (Å²) < 4.78 is 1.39. The molecule has 0 spiro atoms. The van der Waals surface area contributed by atoms with Crippen molar-refractivity contribution in [1.82, 2.24) is 19.7 Å². The third-order valence-corrected chi connectivity index (χ3v) is 2.55. The second-order valence-electron chi connectivity index (χ2n) is 3.35. The van der Waals surface area contributed by atoms with Crippen LogP contribution in [0, 0.1) is 0 Å². The van der Waals surface area contributed by atoms with Gasteiger partial charge in [0.05, 0.1) is 11.9 Å². The highest BCUT2D eigenvalue weighted by Crippen LogP contribution is 2.25. The van der Waals surface area contributed by atoms with Gasteiger partial charge in [0.25, 0.3) is 0 Å². The molecule has 0 aliphatic carbocycles. The fourth-order valence-electron chi connectivity index (χ4n) is 1.24. The number of hydrogen-bond acceptors (Lipinski definition) is 5. The van der Waals surface area contributed by atoms with E-state index >= 15 is 0 Å². The van der Waals surface area contributed by atoms with E-state index in [9.17, 15) is 4.79 Å². The van der Waals surface area contributed by atoms with Crippen molar-refractivity contribution in [3.8, 4) is 0 Å². The van der Waals surface area contributed by atoms with Crippen molar-refractivity contribution >= 4 is 40.5 Å². The summed E-state index contributed by atoms with van der Waals surface area (Å²) in [5.74, 6) is -0.364. The number of anilines is 2. The van der Waals surface area contributed by atoms with Crippen molar-refractivity contribution in [2.45, 2.75) is 6.54 Å². The summed E-state index contributed by atoms with van der Waals surface area (Å²) in [5, 5.41) is 6.53. The van der Waals surface area contributed by atoms with Crippen LogP contribution in [0.25, 0.3) is 0 Å². The lowest BCUT2D eigenvalue weighted by Crippen LogP contribution is -2.19. The van der Waals surface area contributed by atoms with Crippen LogP contribution in [0.3, 0.4) is 0 Å². The molecule has 0 fully saturated rings. The minimum absolute atomic E-state index is 0.0151. The van der Waals surface area contributed by atoms with Gasteiger partial charge in [-0.2, -0.15) is 5.10 Å². The summed E-state index contributed by atoms with van der Waals surface area (Å²) in [6.45, 7) is -0.0151. The van der Waals surface area contributed by atoms with E-state index in [1.807, 2.05) is 0 Å². The van der Waals surface area contributed by atoms with E-state index in [0.717, 1.165) is 0 Å². The summed E-state index contributed by atoms with van der Waals surface area (Å²) in [4.78, 5) is 19.1. The molecule has 0 aliphatic rings. The van der Waals surface area contributed by atoms with Gasteiger partial charge in [-0.3, -0.25) is 9.48 Å². The lowest BCUT2D eigenvalue weighted by molar-refractivity contribution is -0.116. The van der Waals surface area contributed by atoms with E-state index in [1.54, 1.807) is 0 Å². The van der Waals surface area contributed by atoms with Crippen LogP contribution in [-0.4, -0.2) is 25.7 Å². The molecule has 0 radical (unpaired) electrons. The third-order valence-electron chi connectivity index (χ3n) is 1.98. The van der Waals surface area contributed by atoms with E-state index in [0.29, 0.717) is 5.69 Å². The number of halogens is 2. The van der Waals surface area contributed by atoms with Crippen LogP contribution in [0.2, 0.25) is 10.3 Å². The molecule has 0 aromatic carbocycles. The molecule has 9 heteroatoms. The molecule has 7 nitrogen and oxygen atoms in total. The molecule has 94 valence electrons. The molecule has 0 atom stereocenters. The van der Waals surface area contributed by atoms with Gasteiger partial charge in [0.2, 0.25) is 5.91 Å². The van der Waals surface area contributed by atoms with Crippen molar-refractivity contribution in [3.05, 3.63) is 29.0 Å². The molecule has 2 aromatic rings. The molecule has 2 aromatic heterocycles. The molecule has 0 unspecified atom stereocenters. The summed E-state index contributed by atoms with van der Waals surface area (Å²) in [6, 6.07) is 0. The first-order valence-corrected chi connectivity index (χ1v) is 5.55. The first kappa shape index (κ1) is 12.6. The summed E-state index contributed by atoms with van der Waals surface area (Å²) in [7, 11) is 0. The molecule has 0 saturated heterocycles. The molecule has 1 amide bonds. The molecular formula is C9H8Cl2N6O. The number of nitrogens with one attached hydrogen (secondary N) is 1. The van der Waals surface area contributed by atoms with Gasteiger partial charge >= 0.3 is 0 Å². The number of nitrogen functional groups attached to an aromatic ring is 1. The minimum Gasteiger partial charge on any atom is -0.396 e. The van der Waals surface area contributed by atoms with Gasteiger partial charge < -0.3 is 11.1 Å². The Bertz CT molecular complexity index is 564. The average molecular weight is 287 g/mol. The quantitative estimate of drug-likeness (QED) is 0.826. The highest BCUT2D eigenvalue weighted by Gasteiger charge is 2.12. The van der Waals surface area contributed by atoms with Gasteiger partial charge in [0.1, 0.15) is 18.6 Å². The number of hydrogen-bond donors (Lipinski definition) is 2. The fourth-order valence-corrected chi connectivity index (χ4v) is 1.65. The lowest BCUT2D eigenvalue weighted by Gasteiger charge is -2.07. The average Bonchev–Trinajstić information content (AvgIpc) is 2.69. The Balaban J connectivity index is 2.08. The molecule has 2 rings (SSSR count). The van der Waals surface area contributed by atoms with Crippen molar-refractivity contribution in [1.29, 1.82) is 0 Å². The third kappa shape index (κ3) is 2.88. The number of amides is 1. The maximum atomic E-state index is 11.7. The molecular weight excluding hydrogens is 279 g/mol. The maximum absolute atomic E-state index is 11.7. The minimum atomic E-state index is -0.364. The molecule has 18 heavy (non-hydrogen) atoms. The van der Waals surface area contributed by atoms with Crippen molar-refractivity contribution in [3.63, 3.8) is 0 Å². The zero-order valence-corrected chi connectivity index (χ0v) is 10.5. The van der Waals surface area contributed by atoms with Crippen LogP contribution in [0.4, 0.5) is 11.4 Å². The van der Waals surface area contributed by atoms with Crippen LogP contribution >= 0.6 is 23.2 Å². The zero-order valence-electron chi connectivity index (χ0n) is 8.97. The first-order chi connectivity index (χ1) is 8.56. The Kier molecular flexibility index (Phi) is 3.63. The second-order valence-corrected chi connectivity index (χ2v) is 4.07. The SMILES string of the molecule is Nc1cnn(CC(=O)Nc2c(Cl)ncnc2Cl)c1. The molecule has 0 aliphatic heterocycles. The highest BCUT2D eigenvalue weighted by atomic mass is 35.5. The summed E-state index contributed by atoms with van der Waals surface area (Å²) in [5.41, 5.74) is 6.12. The number of nitrogens with two attached hydrogens (primary N) is 1. The Morgan fingerprint density at radius 1 is 1.39 bits per heavy atom. The zero-order chi connectivity index (χ0) is 13.1. The van der Waals surface area contributed by atoms with Gasteiger partial charge in [-0.1, -0.05) is 23.2 Å². The van der Waals surface area contributed by atoms with Gasteiger partial charge in [-0.05, 0) is 0 Å². The van der Waals surface area contributed by atoms with Gasteiger partial charge in [0, 0.05) is 6.20 Å². The summed E-state index contributed by atoms with van der Waals surface area (Å²) in [6.07, 6.45) is 4.18. The fraction of sp³-hybridized carbons (Fsp3) is 0.111. The largest absolute Gasteiger partial charge is 0.396 e. The predicted octanol–water partition coefficient (Wildman–Crippen LogP) is 1.20. The van der Waals surface area contributed by atoms with Crippen LogP contribution < -0.4 is 11.1 Å². The van der Waals surface area contributed by atoms with Crippen LogP contribution in [0.15, 0.2) is 18.7 Å². The molecule has 0 saturated carbocycles. The van der Waals surface area contributed by atoms with E-state index in [2.05, 4.69) is 20.4 Å². The Morgan fingerprint density at radius 3 is 2.61 bits per heavy atom. The lowest BCUT2D eigenvalue weighted by atomic mass is 10.5. The number of carbonyl (C=O) groups excluding carboxylic acids is 1. The first-order valence-electron chi connectivity index (χ1n) is 4.80. The van der Waals surface area contributed by atoms with E-state index in [-0.39, 0.29) is 28.4 Å². The number of aromatic nitrogens is 4. The Morgan fingerprint density at radius 2 is 2.06 bits per heavy atom. The topological polar surface area (TPSA) is 98.7 Å². The van der Waals surface area contributed by atoms with E-state index in [1.165, 1.54) is 23.4 Å². The van der Waals surface area contributed by atoms with Gasteiger partial charge in [-0.15, -0.1) is 0 Å². The number of rotatable bonds is 3. The Labute approximate surface area is 112 Å². The van der Waals surface area contributed by atoms with Crippen LogP contribution in [0.1, 0.15) is 0 Å². The van der Waals surface area contributed by atoms with E-state index < -0.39 is 0 Å². The highest BCUT2D eigenvalue weighted by molar-refractivity contribution is 6.38. The van der Waals surface area contributed by atoms with Crippen molar-refractivity contribution < 1.29 is 4.79 Å². The second kappa shape index (κ2) is 5.19. The Hall–Kier alpha value is -1.86. The van der Waals surface area contributed by atoms with E-state index in [4.69, 9.17) is 28.9 Å². The monoisotopic (exact) mass is 286 g/mol. The normalized spacial score (nSPS) is 10.3. The number of carbonyl (C=O) groups is 1. The van der Waals surface area contributed by atoms with Gasteiger partial charge in [-0.25, -0.2) is 9.97 Å². The predicted molar refractivity (Wildman–Crippen MR) is 67.3 cm³/mol. The van der Waals surface area contributed by atoms with Crippen LogP contribution in [0.5, 0.6) is 0 Å². The standard InChI is InChI=1S/C9H8Cl2N6O/c10-8-7(9(11)14-4-13-8)16-6(18)3-17-2-5(12)1-15-17/h1-2,4H,3,12H2,(H,16,18). The van der Waals surface area contributed by atoms with Crippen LogP contribution in [-0.2, 0) is 11.3 Å².